The van der Waals surface area contributed by atoms with Gasteiger partial charge in [0.15, 0.2) is 0 Å². The van der Waals surface area contributed by atoms with Gasteiger partial charge in [-0.15, -0.1) is 0 Å². The number of non-ortho nitro benzene ring substituents is 1. The molecule has 2 aromatic rings. The summed E-state index contributed by atoms with van der Waals surface area (Å²) in [4.78, 5) is 33.8. The van der Waals surface area contributed by atoms with E-state index in [0.717, 1.165) is 11.1 Å². The van der Waals surface area contributed by atoms with E-state index in [4.69, 9.17) is 0 Å². The molecule has 7 heteroatoms. The number of nitro groups is 1. The number of rotatable bonds is 6. The number of benzene rings is 2. The highest BCUT2D eigenvalue weighted by atomic mass is 16.6. The summed E-state index contributed by atoms with van der Waals surface area (Å²) in [6.07, 6.45) is 2.79. The van der Waals surface area contributed by atoms with Gasteiger partial charge in [-0.3, -0.25) is 19.7 Å². The van der Waals surface area contributed by atoms with Gasteiger partial charge in [-0.2, -0.15) is 0 Å². The average molecular weight is 353 g/mol. The first-order valence-corrected chi connectivity index (χ1v) is 7.93. The number of nitro benzene ring substituents is 1. The molecule has 0 aliphatic carbocycles. The predicted molar refractivity (Wildman–Crippen MR) is 99.7 cm³/mol. The van der Waals surface area contributed by atoms with Crippen molar-refractivity contribution in [2.75, 3.05) is 11.9 Å². The van der Waals surface area contributed by atoms with Crippen molar-refractivity contribution in [2.24, 2.45) is 0 Å². The minimum Gasteiger partial charge on any atom is -0.343 e. The van der Waals surface area contributed by atoms with Crippen molar-refractivity contribution in [3.8, 4) is 0 Å². The predicted octanol–water partition coefficient (Wildman–Crippen LogP) is 2.98. The first kappa shape index (κ1) is 18.9. The Labute approximate surface area is 150 Å². The number of carbonyl (C=O) groups is 2. The van der Waals surface area contributed by atoms with E-state index in [9.17, 15) is 19.7 Å². The van der Waals surface area contributed by atoms with Gasteiger partial charge in [0, 0.05) is 23.9 Å². The highest BCUT2D eigenvalue weighted by Crippen LogP contribution is 2.17. The summed E-state index contributed by atoms with van der Waals surface area (Å²) in [6.45, 7) is 3.71. The number of hydrogen-bond acceptors (Lipinski definition) is 4. The smallest absolute Gasteiger partial charge is 0.269 e. The number of nitrogens with one attached hydrogen (secondary N) is 2. The highest BCUT2D eigenvalue weighted by molar-refractivity contribution is 5.98. The van der Waals surface area contributed by atoms with Crippen LogP contribution in [0.3, 0.4) is 0 Å². The van der Waals surface area contributed by atoms with Gasteiger partial charge >= 0.3 is 0 Å². The molecule has 0 bridgehead atoms. The van der Waals surface area contributed by atoms with Crippen molar-refractivity contribution in [3.63, 3.8) is 0 Å². The second-order valence-corrected chi connectivity index (χ2v) is 5.70. The monoisotopic (exact) mass is 353 g/mol. The second-order valence-electron chi connectivity index (χ2n) is 5.70. The Morgan fingerprint density at radius 1 is 1.12 bits per heavy atom. The van der Waals surface area contributed by atoms with Crippen LogP contribution in [0.5, 0.6) is 0 Å². The molecule has 0 aliphatic heterocycles. The van der Waals surface area contributed by atoms with Crippen LogP contribution in [0.25, 0.3) is 6.08 Å². The van der Waals surface area contributed by atoms with E-state index < -0.39 is 10.8 Å². The number of hydrogen-bond donors (Lipinski definition) is 2. The summed E-state index contributed by atoms with van der Waals surface area (Å²) in [6, 6.07) is 11.4. The quantitative estimate of drug-likeness (QED) is 0.473. The molecule has 0 fully saturated rings. The molecule has 26 heavy (non-hydrogen) atoms. The van der Waals surface area contributed by atoms with Crippen molar-refractivity contribution in [2.45, 2.75) is 13.8 Å². The summed E-state index contributed by atoms with van der Waals surface area (Å²) in [7, 11) is 0. The highest BCUT2D eigenvalue weighted by Gasteiger charge is 2.07. The summed E-state index contributed by atoms with van der Waals surface area (Å²) < 4.78 is 0. The van der Waals surface area contributed by atoms with Crippen molar-refractivity contribution >= 4 is 29.3 Å². The number of aryl methyl sites for hydroxylation is 1. The molecule has 0 unspecified atom stereocenters. The standard InChI is InChI=1S/C19H19N3O4/c1-13-4-3-5-17(14(13)2)21-19(24)12-20-18(23)11-8-15-6-9-16(10-7-15)22(25)26/h3-11H,12H2,1-2H3,(H,20,23)(H,21,24)/b11-8+. The molecule has 2 rings (SSSR count). The van der Waals surface area contributed by atoms with E-state index in [-0.39, 0.29) is 18.1 Å². The average Bonchev–Trinajstić information content (AvgIpc) is 2.62. The van der Waals surface area contributed by atoms with Gasteiger partial charge < -0.3 is 10.6 Å². The minimum absolute atomic E-state index is 0.0188. The lowest BCUT2D eigenvalue weighted by Gasteiger charge is -2.10. The van der Waals surface area contributed by atoms with Crippen LogP contribution in [0.1, 0.15) is 16.7 Å². The Bertz CT molecular complexity index is 858. The zero-order chi connectivity index (χ0) is 19.1. The largest absolute Gasteiger partial charge is 0.343 e. The van der Waals surface area contributed by atoms with E-state index in [0.29, 0.717) is 11.3 Å². The normalized spacial score (nSPS) is 10.5. The van der Waals surface area contributed by atoms with Gasteiger partial charge in [0.1, 0.15) is 0 Å². The zero-order valence-corrected chi connectivity index (χ0v) is 14.5. The van der Waals surface area contributed by atoms with Gasteiger partial charge in [0.05, 0.1) is 11.5 Å². The first-order chi connectivity index (χ1) is 12.4. The lowest BCUT2D eigenvalue weighted by atomic mass is 10.1. The molecular weight excluding hydrogens is 334 g/mol. The fourth-order valence-corrected chi connectivity index (χ4v) is 2.19. The summed E-state index contributed by atoms with van der Waals surface area (Å²) in [5, 5.41) is 15.8. The Hall–Kier alpha value is -3.48. The fourth-order valence-electron chi connectivity index (χ4n) is 2.19. The molecule has 0 aliphatic rings. The molecule has 7 nitrogen and oxygen atoms in total. The number of amides is 2. The van der Waals surface area contributed by atoms with Crippen LogP contribution in [0, 0.1) is 24.0 Å². The van der Waals surface area contributed by atoms with Crippen molar-refractivity contribution in [1.82, 2.24) is 5.32 Å². The molecule has 2 amide bonds. The zero-order valence-electron chi connectivity index (χ0n) is 14.5. The Morgan fingerprint density at radius 3 is 2.46 bits per heavy atom. The van der Waals surface area contributed by atoms with E-state index in [1.807, 2.05) is 26.0 Å². The van der Waals surface area contributed by atoms with Gasteiger partial charge in [-0.25, -0.2) is 0 Å². The van der Waals surface area contributed by atoms with Gasteiger partial charge in [-0.1, -0.05) is 12.1 Å². The van der Waals surface area contributed by atoms with Crippen LogP contribution in [-0.4, -0.2) is 23.3 Å². The number of anilines is 1. The molecule has 0 saturated carbocycles. The second kappa shape index (κ2) is 8.57. The third-order valence-corrected chi connectivity index (χ3v) is 3.83. The fraction of sp³-hybridized carbons (Fsp3) is 0.158. The third kappa shape index (κ3) is 5.27. The maximum absolute atomic E-state index is 11.9. The van der Waals surface area contributed by atoms with Crippen molar-refractivity contribution in [1.29, 1.82) is 0 Å². The summed E-state index contributed by atoms with van der Waals surface area (Å²) in [5.74, 6) is -0.754. The molecule has 134 valence electrons. The number of carbonyl (C=O) groups excluding carboxylic acids is 2. The maximum Gasteiger partial charge on any atom is 0.269 e. The third-order valence-electron chi connectivity index (χ3n) is 3.83. The Kier molecular flexibility index (Phi) is 6.21. The van der Waals surface area contributed by atoms with E-state index in [1.54, 1.807) is 6.07 Å². The van der Waals surface area contributed by atoms with Crippen LogP contribution in [0.15, 0.2) is 48.5 Å². The molecule has 2 aromatic carbocycles. The molecule has 0 radical (unpaired) electrons. The molecule has 0 atom stereocenters. The van der Waals surface area contributed by atoms with Crippen molar-refractivity contribution in [3.05, 3.63) is 75.3 Å². The van der Waals surface area contributed by atoms with Crippen LogP contribution in [0.2, 0.25) is 0 Å². The molecule has 0 aromatic heterocycles. The molecule has 0 saturated heterocycles. The first-order valence-electron chi connectivity index (χ1n) is 7.93. The summed E-state index contributed by atoms with van der Waals surface area (Å²) in [5.41, 5.74) is 3.38. The minimum atomic E-state index is -0.491. The maximum atomic E-state index is 11.9. The Balaban J connectivity index is 1.85. The van der Waals surface area contributed by atoms with Gasteiger partial charge in [0.25, 0.3) is 5.69 Å². The topological polar surface area (TPSA) is 101 Å². The lowest BCUT2D eigenvalue weighted by molar-refractivity contribution is -0.384. The van der Waals surface area contributed by atoms with Gasteiger partial charge in [0.2, 0.25) is 11.8 Å². The van der Waals surface area contributed by atoms with E-state index in [1.165, 1.54) is 36.4 Å². The van der Waals surface area contributed by atoms with E-state index in [2.05, 4.69) is 10.6 Å². The van der Waals surface area contributed by atoms with Crippen LogP contribution >= 0.6 is 0 Å². The molecular formula is C19H19N3O4. The molecule has 0 heterocycles. The van der Waals surface area contributed by atoms with Crippen LogP contribution < -0.4 is 10.6 Å². The lowest BCUT2D eigenvalue weighted by Crippen LogP contribution is -2.31. The van der Waals surface area contributed by atoms with Crippen LogP contribution in [-0.2, 0) is 9.59 Å². The summed E-state index contributed by atoms with van der Waals surface area (Å²) >= 11 is 0. The number of nitrogens with zero attached hydrogens (tertiary/aromatic N) is 1. The SMILES string of the molecule is Cc1cccc(NC(=O)CNC(=O)/C=C/c2ccc([N+](=O)[O-])cc2)c1C. The van der Waals surface area contributed by atoms with Crippen LogP contribution in [0.4, 0.5) is 11.4 Å². The Morgan fingerprint density at radius 2 is 1.81 bits per heavy atom. The van der Waals surface area contributed by atoms with Gasteiger partial charge in [-0.05, 0) is 54.8 Å². The van der Waals surface area contributed by atoms with E-state index >= 15 is 0 Å². The van der Waals surface area contributed by atoms with Crippen molar-refractivity contribution < 1.29 is 14.5 Å². The molecule has 2 N–H and O–H groups in total. The molecule has 0 spiro atoms.